The number of hydrogen-bond acceptors (Lipinski definition) is 5. The van der Waals surface area contributed by atoms with Crippen molar-refractivity contribution >= 4 is 10.0 Å². The summed E-state index contributed by atoms with van der Waals surface area (Å²) in [6, 6.07) is 8.31. The maximum absolute atomic E-state index is 12.4. The Morgan fingerprint density at radius 2 is 2.00 bits per heavy atom. The van der Waals surface area contributed by atoms with Gasteiger partial charge in [-0.05, 0) is 55.5 Å². The van der Waals surface area contributed by atoms with Crippen LogP contribution < -0.4 is 4.72 Å². The van der Waals surface area contributed by atoms with E-state index in [2.05, 4.69) is 9.82 Å². The van der Waals surface area contributed by atoms with Crippen molar-refractivity contribution in [3.63, 3.8) is 0 Å². The van der Waals surface area contributed by atoms with Gasteiger partial charge in [0.05, 0.1) is 16.7 Å². The number of nitrogens with one attached hydrogen (secondary N) is 1. The number of nitrogens with zero attached hydrogens (tertiary/aromatic N) is 2. The minimum Gasteiger partial charge on any atom is -0.393 e. The van der Waals surface area contributed by atoms with E-state index in [-0.39, 0.29) is 17.4 Å². The van der Waals surface area contributed by atoms with Crippen LogP contribution in [0.4, 0.5) is 0 Å². The maximum atomic E-state index is 12.4. The lowest BCUT2D eigenvalue weighted by Crippen LogP contribution is -2.32. The Bertz CT molecular complexity index is 754. The minimum atomic E-state index is -3.59. The highest BCUT2D eigenvalue weighted by molar-refractivity contribution is 7.89. The fourth-order valence-electron chi connectivity index (χ4n) is 2.96. The zero-order valence-corrected chi connectivity index (χ0v) is 14.7. The summed E-state index contributed by atoms with van der Waals surface area (Å²) < 4.78 is 34.2. The van der Waals surface area contributed by atoms with Crippen LogP contribution >= 0.6 is 0 Å². The third-order valence-corrected chi connectivity index (χ3v) is 5.94. The zero-order chi connectivity index (χ0) is 17.7. The molecule has 8 heteroatoms. The summed E-state index contributed by atoms with van der Waals surface area (Å²) in [6.07, 6.45) is 4.99. The van der Waals surface area contributed by atoms with Gasteiger partial charge in [0.15, 0.2) is 0 Å². The quantitative estimate of drug-likeness (QED) is 0.772. The van der Waals surface area contributed by atoms with Crippen LogP contribution in [0.5, 0.6) is 0 Å². The van der Waals surface area contributed by atoms with E-state index in [0.717, 1.165) is 18.5 Å². The molecule has 1 aromatic carbocycles. The van der Waals surface area contributed by atoms with E-state index in [9.17, 15) is 13.5 Å². The van der Waals surface area contributed by atoms with Gasteiger partial charge < -0.3 is 9.84 Å². The topological polar surface area (TPSA) is 93.5 Å². The van der Waals surface area contributed by atoms with Crippen LogP contribution in [-0.2, 0) is 14.8 Å². The van der Waals surface area contributed by atoms with Gasteiger partial charge in [0.1, 0.15) is 0 Å². The minimum absolute atomic E-state index is 0.187. The van der Waals surface area contributed by atoms with Crippen LogP contribution in [-0.4, -0.2) is 49.2 Å². The van der Waals surface area contributed by atoms with Crippen molar-refractivity contribution in [2.45, 2.75) is 30.3 Å². The lowest BCUT2D eigenvalue weighted by Gasteiger charge is -2.26. The van der Waals surface area contributed by atoms with Crippen LogP contribution in [0, 0.1) is 5.92 Å². The van der Waals surface area contributed by atoms with Gasteiger partial charge in [-0.15, -0.1) is 0 Å². The number of benzene rings is 1. The highest BCUT2D eigenvalue weighted by atomic mass is 32.2. The Hall–Kier alpha value is -1.74. The summed E-state index contributed by atoms with van der Waals surface area (Å²) in [4.78, 5) is 0.198. The Morgan fingerprint density at radius 1 is 1.28 bits per heavy atom. The van der Waals surface area contributed by atoms with E-state index in [1.165, 1.54) is 0 Å². The Balaban J connectivity index is 1.54. The molecule has 25 heavy (non-hydrogen) atoms. The van der Waals surface area contributed by atoms with Crippen molar-refractivity contribution in [3.05, 3.63) is 42.7 Å². The molecule has 136 valence electrons. The predicted octanol–water partition coefficient (Wildman–Crippen LogP) is 1.33. The molecule has 0 unspecified atom stereocenters. The number of aliphatic hydroxyl groups is 1. The predicted molar refractivity (Wildman–Crippen MR) is 92.9 cm³/mol. The molecule has 1 atom stereocenters. The molecule has 1 fully saturated rings. The van der Waals surface area contributed by atoms with Gasteiger partial charge in [0.2, 0.25) is 10.0 Å². The van der Waals surface area contributed by atoms with Gasteiger partial charge in [-0.2, -0.15) is 5.10 Å². The molecule has 2 heterocycles. The van der Waals surface area contributed by atoms with Crippen molar-refractivity contribution in [1.82, 2.24) is 14.5 Å². The number of rotatable bonds is 7. The van der Waals surface area contributed by atoms with Crippen LogP contribution in [0.15, 0.2) is 47.6 Å². The molecule has 0 amide bonds. The van der Waals surface area contributed by atoms with Gasteiger partial charge in [0.25, 0.3) is 0 Å². The second kappa shape index (κ2) is 8.09. The SMILES string of the molecule is O=S(=O)(NCC[C@H](O)C1CCOCC1)c1ccc(-n2cccn2)cc1. The first-order valence-corrected chi connectivity index (χ1v) is 9.90. The Morgan fingerprint density at radius 3 is 2.64 bits per heavy atom. The van der Waals surface area contributed by atoms with E-state index in [1.54, 1.807) is 47.4 Å². The summed E-state index contributed by atoms with van der Waals surface area (Å²) >= 11 is 0. The van der Waals surface area contributed by atoms with Crippen molar-refractivity contribution < 1.29 is 18.3 Å². The first-order chi connectivity index (χ1) is 12.1. The number of ether oxygens (including phenoxy) is 1. The molecule has 1 aliphatic heterocycles. The molecule has 0 saturated carbocycles. The molecule has 0 spiro atoms. The molecule has 0 bridgehead atoms. The molecule has 2 aromatic rings. The summed E-state index contributed by atoms with van der Waals surface area (Å²) in [5.41, 5.74) is 0.791. The van der Waals surface area contributed by atoms with Crippen LogP contribution in [0.1, 0.15) is 19.3 Å². The van der Waals surface area contributed by atoms with E-state index in [4.69, 9.17) is 4.74 Å². The second-order valence-corrected chi connectivity index (χ2v) is 7.92. The van der Waals surface area contributed by atoms with Crippen LogP contribution in [0.25, 0.3) is 5.69 Å². The fourth-order valence-corrected chi connectivity index (χ4v) is 4.01. The molecular formula is C17H23N3O4S. The summed E-state index contributed by atoms with van der Waals surface area (Å²) in [7, 11) is -3.59. The molecule has 3 rings (SSSR count). The average Bonchev–Trinajstić information content (AvgIpc) is 3.17. The maximum Gasteiger partial charge on any atom is 0.240 e. The molecule has 1 aliphatic rings. The first kappa shape index (κ1) is 18.1. The van der Waals surface area contributed by atoms with Crippen molar-refractivity contribution in [2.24, 2.45) is 5.92 Å². The Kier molecular flexibility index (Phi) is 5.85. The number of aromatic nitrogens is 2. The number of aliphatic hydroxyl groups excluding tert-OH is 1. The van der Waals surface area contributed by atoms with E-state index >= 15 is 0 Å². The molecule has 2 N–H and O–H groups in total. The number of hydrogen-bond donors (Lipinski definition) is 2. The molecule has 0 radical (unpaired) electrons. The molecular weight excluding hydrogens is 342 g/mol. The van der Waals surface area contributed by atoms with Crippen LogP contribution in [0.2, 0.25) is 0 Å². The third kappa shape index (κ3) is 4.66. The lowest BCUT2D eigenvalue weighted by molar-refractivity contribution is 0.00567. The molecule has 7 nitrogen and oxygen atoms in total. The van der Waals surface area contributed by atoms with E-state index in [1.807, 2.05) is 0 Å². The second-order valence-electron chi connectivity index (χ2n) is 6.15. The van der Waals surface area contributed by atoms with Crippen molar-refractivity contribution in [2.75, 3.05) is 19.8 Å². The summed E-state index contributed by atoms with van der Waals surface area (Å²) in [6.45, 7) is 1.54. The number of sulfonamides is 1. The zero-order valence-electron chi connectivity index (χ0n) is 13.9. The van der Waals surface area contributed by atoms with Gasteiger partial charge in [-0.25, -0.2) is 17.8 Å². The standard InChI is InChI=1S/C17H23N3O4S/c21-17(14-7-12-24-13-8-14)6-10-19-25(22,23)16-4-2-15(3-5-16)20-11-1-9-18-20/h1-5,9,11,14,17,19,21H,6-8,10,12-13H2/t17-/m0/s1. The molecule has 0 aliphatic carbocycles. The highest BCUT2D eigenvalue weighted by Gasteiger charge is 2.22. The van der Waals surface area contributed by atoms with Gasteiger partial charge >= 0.3 is 0 Å². The summed E-state index contributed by atoms with van der Waals surface area (Å²) in [5.74, 6) is 0.187. The lowest BCUT2D eigenvalue weighted by atomic mass is 9.92. The highest BCUT2D eigenvalue weighted by Crippen LogP contribution is 2.20. The van der Waals surface area contributed by atoms with Gasteiger partial charge in [-0.3, -0.25) is 0 Å². The van der Waals surface area contributed by atoms with Crippen molar-refractivity contribution in [1.29, 1.82) is 0 Å². The summed E-state index contributed by atoms with van der Waals surface area (Å²) in [5, 5.41) is 14.3. The first-order valence-electron chi connectivity index (χ1n) is 8.42. The normalized spacial score (nSPS) is 17.5. The largest absolute Gasteiger partial charge is 0.393 e. The van der Waals surface area contributed by atoms with Crippen molar-refractivity contribution in [3.8, 4) is 5.69 Å². The van der Waals surface area contributed by atoms with E-state index in [0.29, 0.717) is 19.6 Å². The molecule has 1 aromatic heterocycles. The Labute approximate surface area is 147 Å². The molecule has 1 saturated heterocycles. The van der Waals surface area contributed by atoms with E-state index < -0.39 is 16.1 Å². The van der Waals surface area contributed by atoms with Gasteiger partial charge in [-0.1, -0.05) is 0 Å². The smallest absolute Gasteiger partial charge is 0.240 e. The average molecular weight is 365 g/mol. The van der Waals surface area contributed by atoms with Gasteiger partial charge in [0, 0.05) is 32.2 Å². The monoisotopic (exact) mass is 365 g/mol. The fraction of sp³-hybridized carbons (Fsp3) is 0.471. The van der Waals surface area contributed by atoms with Crippen LogP contribution in [0.3, 0.4) is 0 Å². The third-order valence-electron chi connectivity index (χ3n) is 4.46.